The second kappa shape index (κ2) is 8.81. The van der Waals surface area contributed by atoms with E-state index in [0.29, 0.717) is 5.69 Å². The van der Waals surface area contributed by atoms with Gasteiger partial charge in [0.25, 0.3) is 0 Å². The third-order valence-corrected chi connectivity index (χ3v) is 6.15. The first-order valence-corrected chi connectivity index (χ1v) is 10.1. The molecule has 26 heavy (non-hydrogen) atoms. The minimum absolute atomic E-state index is 0.257. The van der Waals surface area contributed by atoms with E-state index in [1.54, 1.807) is 12.1 Å². The number of nitrogens with one attached hydrogen (secondary N) is 1. The highest BCUT2D eigenvalue weighted by atomic mass is 32.2. The van der Waals surface area contributed by atoms with Gasteiger partial charge < -0.3 is 5.32 Å². The van der Waals surface area contributed by atoms with Crippen LogP contribution in [0.5, 0.6) is 0 Å². The molecule has 1 amide bonds. The zero-order valence-electron chi connectivity index (χ0n) is 14.8. The summed E-state index contributed by atoms with van der Waals surface area (Å²) in [5.41, 5.74) is 1.65. The van der Waals surface area contributed by atoms with E-state index in [2.05, 4.69) is 16.2 Å². The Bertz CT molecular complexity index is 768. The standard InChI is InChI=1S/C21H24N2O2S/c1-2-21(24)22-17-13-15-20(16-14-17)26(25)23(18-9-5-3-6-10-18)19-11-7-4-8-12-19/h2-3,5-6,9-10,13-16,19H,1,4,7-8,11-12H2,(H,22,24). The van der Waals surface area contributed by atoms with Crippen LogP contribution in [-0.4, -0.2) is 16.2 Å². The molecule has 1 aliphatic rings. The van der Waals surface area contributed by atoms with Crippen LogP contribution in [0.4, 0.5) is 11.4 Å². The summed E-state index contributed by atoms with van der Waals surface area (Å²) in [6.45, 7) is 3.44. The molecule has 136 valence electrons. The fourth-order valence-electron chi connectivity index (χ4n) is 3.29. The minimum atomic E-state index is -1.29. The summed E-state index contributed by atoms with van der Waals surface area (Å²) < 4.78 is 15.4. The number of rotatable bonds is 6. The molecule has 0 bridgehead atoms. The molecule has 5 heteroatoms. The topological polar surface area (TPSA) is 49.4 Å². The van der Waals surface area contributed by atoms with Gasteiger partial charge in [0.05, 0.1) is 4.90 Å². The van der Waals surface area contributed by atoms with E-state index in [0.717, 1.165) is 23.4 Å². The Morgan fingerprint density at radius 1 is 1.04 bits per heavy atom. The number of hydrogen-bond acceptors (Lipinski definition) is 2. The molecule has 0 heterocycles. The van der Waals surface area contributed by atoms with E-state index >= 15 is 0 Å². The third-order valence-electron chi connectivity index (χ3n) is 4.60. The van der Waals surface area contributed by atoms with Gasteiger partial charge in [-0.05, 0) is 55.3 Å². The lowest BCUT2D eigenvalue weighted by atomic mass is 9.95. The van der Waals surface area contributed by atoms with E-state index in [1.165, 1.54) is 25.3 Å². The first kappa shape index (κ1) is 18.4. The van der Waals surface area contributed by atoms with Crippen molar-refractivity contribution in [3.63, 3.8) is 0 Å². The summed E-state index contributed by atoms with van der Waals surface area (Å²) >= 11 is 0. The number of anilines is 2. The van der Waals surface area contributed by atoms with E-state index in [9.17, 15) is 9.00 Å². The maximum Gasteiger partial charge on any atom is 0.247 e. The second-order valence-electron chi connectivity index (χ2n) is 6.42. The fraction of sp³-hybridized carbons (Fsp3) is 0.286. The predicted octanol–water partition coefficient (Wildman–Crippen LogP) is 4.67. The van der Waals surface area contributed by atoms with Gasteiger partial charge in [-0.1, -0.05) is 44.0 Å². The summed E-state index contributed by atoms with van der Waals surface area (Å²) in [6, 6.07) is 17.4. The zero-order valence-corrected chi connectivity index (χ0v) is 15.6. The Morgan fingerprint density at radius 3 is 2.31 bits per heavy atom. The summed E-state index contributed by atoms with van der Waals surface area (Å²) in [4.78, 5) is 12.1. The van der Waals surface area contributed by atoms with Crippen molar-refractivity contribution in [3.05, 3.63) is 67.3 Å². The largest absolute Gasteiger partial charge is 0.323 e. The lowest BCUT2D eigenvalue weighted by Crippen LogP contribution is -2.38. The van der Waals surface area contributed by atoms with Crippen molar-refractivity contribution in [1.82, 2.24) is 0 Å². The summed E-state index contributed by atoms with van der Waals surface area (Å²) in [5.74, 6) is -0.257. The van der Waals surface area contributed by atoms with Gasteiger partial charge >= 0.3 is 0 Å². The first-order chi connectivity index (χ1) is 12.7. The summed E-state index contributed by atoms with van der Waals surface area (Å²) in [6.07, 6.45) is 6.97. The predicted molar refractivity (Wildman–Crippen MR) is 107 cm³/mol. The number of amides is 1. The second-order valence-corrected chi connectivity index (χ2v) is 7.78. The average molecular weight is 369 g/mol. The van der Waals surface area contributed by atoms with Gasteiger partial charge in [0, 0.05) is 17.4 Å². The van der Waals surface area contributed by atoms with Crippen LogP contribution in [0.3, 0.4) is 0 Å². The fourth-order valence-corrected chi connectivity index (χ4v) is 4.68. The third kappa shape index (κ3) is 4.41. The summed E-state index contributed by atoms with van der Waals surface area (Å²) in [7, 11) is -1.29. The highest BCUT2D eigenvalue weighted by Crippen LogP contribution is 2.31. The van der Waals surface area contributed by atoms with Gasteiger partial charge in [-0.15, -0.1) is 0 Å². The molecule has 1 atom stereocenters. The van der Waals surface area contributed by atoms with Crippen molar-refractivity contribution in [2.45, 2.75) is 43.0 Å². The van der Waals surface area contributed by atoms with Crippen molar-refractivity contribution in [2.24, 2.45) is 0 Å². The minimum Gasteiger partial charge on any atom is -0.323 e. The normalized spacial score (nSPS) is 15.8. The molecule has 2 aromatic carbocycles. The number of hydrogen-bond donors (Lipinski definition) is 1. The molecule has 1 N–H and O–H groups in total. The SMILES string of the molecule is C=CC(=O)Nc1ccc(S(=O)N(c2ccccc2)C2CCCCC2)cc1. The Morgan fingerprint density at radius 2 is 1.69 bits per heavy atom. The highest BCUT2D eigenvalue weighted by Gasteiger charge is 2.26. The Balaban J connectivity index is 1.85. The molecule has 2 aromatic rings. The Labute approximate surface area is 157 Å². The Hall–Kier alpha value is -2.40. The molecule has 1 aliphatic carbocycles. The van der Waals surface area contributed by atoms with Crippen LogP contribution in [0.2, 0.25) is 0 Å². The monoisotopic (exact) mass is 368 g/mol. The summed E-state index contributed by atoms with van der Waals surface area (Å²) in [5, 5.41) is 2.71. The van der Waals surface area contributed by atoms with Crippen LogP contribution >= 0.6 is 0 Å². The highest BCUT2D eigenvalue weighted by molar-refractivity contribution is 7.86. The van der Waals surface area contributed by atoms with Crippen molar-refractivity contribution in [2.75, 3.05) is 9.62 Å². The first-order valence-electron chi connectivity index (χ1n) is 8.98. The van der Waals surface area contributed by atoms with Gasteiger partial charge in [-0.25, -0.2) is 4.21 Å². The average Bonchev–Trinajstić information content (AvgIpc) is 2.70. The number of benzene rings is 2. The number of carbonyl (C=O) groups excluding carboxylic acids is 1. The maximum absolute atomic E-state index is 13.4. The van der Waals surface area contributed by atoms with E-state index in [4.69, 9.17) is 0 Å². The van der Waals surface area contributed by atoms with Gasteiger partial charge in [0.1, 0.15) is 0 Å². The molecule has 1 unspecified atom stereocenters. The molecule has 0 aliphatic heterocycles. The molecule has 0 saturated heterocycles. The number of carbonyl (C=O) groups is 1. The lowest BCUT2D eigenvalue weighted by Gasteiger charge is -2.34. The van der Waals surface area contributed by atoms with Crippen LogP contribution in [-0.2, 0) is 15.8 Å². The van der Waals surface area contributed by atoms with Crippen molar-refractivity contribution < 1.29 is 9.00 Å². The van der Waals surface area contributed by atoms with Crippen LogP contribution < -0.4 is 9.62 Å². The lowest BCUT2D eigenvalue weighted by molar-refractivity contribution is -0.111. The van der Waals surface area contributed by atoms with E-state index in [-0.39, 0.29) is 11.9 Å². The molecule has 0 aromatic heterocycles. The molecule has 4 nitrogen and oxygen atoms in total. The van der Waals surface area contributed by atoms with Gasteiger partial charge in [0.2, 0.25) is 5.91 Å². The van der Waals surface area contributed by atoms with Crippen molar-refractivity contribution >= 4 is 28.3 Å². The van der Waals surface area contributed by atoms with Crippen LogP contribution in [0, 0.1) is 0 Å². The van der Waals surface area contributed by atoms with Crippen molar-refractivity contribution in [1.29, 1.82) is 0 Å². The molecule has 0 spiro atoms. The molecular formula is C21H24N2O2S. The Kier molecular flexibility index (Phi) is 6.23. The quantitative estimate of drug-likeness (QED) is 0.753. The van der Waals surface area contributed by atoms with Crippen molar-refractivity contribution in [3.8, 4) is 0 Å². The molecule has 1 fully saturated rings. The molecular weight excluding hydrogens is 344 g/mol. The molecule has 1 saturated carbocycles. The van der Waals surface area contributed by atoms with Crippen LogP contribution in [0.1, 0.15) is 32.1 Å². The number of nitrogens with zero attached hydrogens (tertiary/aromatic N) is 1. The van der Waals surface area contributed by atoms with Gasteiger partial charge in [0.15, 0.2) is 11.0 Å². The maximum atomic E-state index is 13.4. The van der Waals surface area contributed by atoms with E-state index in [1.807, 2.05) is 42.5 Å². The number of para-hydroxylation sites is 1. The van der Waals surface area contributed by atoms with E-state index < -0.39 is 11.0 Å². The van der Waals surface area contributed by atoms with Crippen LogP contribution in [0.25, 0.3) is 0 Å². The van der Waals surface area contributed by atoms with Crippen LogP contribution in [0.15, 0.2) is 72.1 Å². The van der Waals surface area contributed by atoms with Gasteiger partial charge in [-0.3, -0.25) is 9.10 Å². The van der Waals surface area contributed by atoms with Gasteiger partial charge in [-0.2, -0.15) is 0 Å². The molecule has 3 rings (SSSR count). The zero-order chi connectivity index (χ0) is 18.4. The smallest absolute Gasteiger partial charge is 0.247 e. The molecule has 0 radical (unpaired) electrons.